The molecule has 0 aliphatic carbocycles. The molecule has 66 valence electrons. The molecule has 0 radical (unpaired) electrons. The van der Waals surface area contributed by atoms with Crippen molar-refractivity contribution in [2.75, 3.05) is 7.11 Å². The maximum absolute atomic E-state index is 5.55. The minimum Gasteiger partial charge on any atom is -0.326 e. The highest BCUT2D eigenvalue weighted by Gasteiger charge is 1.97. The first-order valence-electron chi connectivity index (χ1n) is 3.91. The van der Waals surface area contributed by atoms with Gasteiger partial charge in [0.05, 0.1) is 7.11 Å². The second kappa shape index (κ2) is 4.87. The van der Waals surface area contributed by atoms with Crippen LogP contribution in [-0.4, -0.2) is 7.11 Å². The largest absolute Gasteiger partial charge is 0.326 e. The molecular formula is C9H14N2O. The first-order chi connectivity index (χ1) is 5.88. The molecule has 0 atom stereocenters. The molecule has 3 nitrogen and oxygen atoms in total. The van der Waals surface area contributed by atoms with Gasteiger partial charge in [-0.1, -0.05) is 24.3 Å². The molecule has 0 saturated heterocycles. The SMILES string of the molecule is CONCc1ccccc1CN. The summed E-state index contributed by atoms with van der Waals surface area (Å²) >= 11 is 0. The zero-order valence-electron chi connectivity index (χ0n) is 7.21. The van der Waals surface area contributed by atoms with Gasteiger partial charge in [0.25, 0.3) is 0 Å². The number of hydrogen-bond acceptors (Lipinski definition) is 3. The van der Waals surface area contributed by atoms with E-state index in [-0.39, 0.29) is 0 Å². The summed E-state index contributed by atoms with van der Waals surface area (Å²) in [7, 11) is 1.60. The Kier molecular flexibility index (Phi) is 3.73. The second-order valence-corrected chi connectivity index (χ2v) is 2.50. The Bertz CT molecular complexity index is 238. The fraction of sp³-hybridized carbons (Fsp3) is 0.333. The summed E-state index contributed by atoms with van der Waals surface area (Å²) < 4.78 is 0. The zero-order valence-corrected chi connectivity index (χ0v) is 7.21. The molecule has 0 bridgehead atoms. The average Bonchev–Trinajstić information content (AvgIpc) is 2.15. The molecule has 0 aliphatic rings. The van der Waals surface area contributed by atoms with Gasteiger partial charge in [0.15, 0.2) is 0 Å². The molecule has 0 heterocycles. The Morgan fingerprint density at radius 2 is 2.00 bits per heavy atom. The highest BCUT2D eigenvalue weighted by atomic mass is 16.6. The lowest BCUT2D eigenvalue weighted by Crippen LogP contribution is -2.13. The first-order valence-corrected chi connectivity index (χ1v) is 3.91. The molecule has 0 aliphatic heterocycles. The van der Waals surface area contributed by atoms with E-state index in [4.69, 9.17) is 10.6 Å². The molecule has 1 rings (SSSR count). The van der Waals surface area contributed by atoms with Crippen LogP contribution < -0.4 is 11.2 Å². The average molecular weight is 166 g/mol. The highest BCUT2D eigenvalue weighted by Crippen LogP contribution is 2.06. The van der Waals surface area contributed by atoms with Crippen molar-refractivity contribution >= 4 is 0 Å². The van der Waals surface area contributed by atoms with Gasteiger partial charge in [0.2, 0.25) is 0 Å². The highest BCUT2D eigenvalue weighted by molar-refractivity contribution is 5.26. The summed E-state index contributed by atoms with van der Waals surface area (Å²) in [6, 6.07) is 8.03. The maximum atomic E-state index is 5.55. The van der Waals surface area contributed by atoms with Crippen LogP contribution in [0.4, 0.5) is 0 Å². The molecule has 0 unspecified atom stereocenters. The Labute approximate surface area is 72.5 Å². The van der Waals surface area contributed by atoms with E-state index in [1.54, 1.807) is 7.11 Å². The number of hydrogen-bond donors (Lipinski definition) is 2. The molecule has 3 heteroatoms. The van der Waals surface area contributed by atoms with Gasteiger partial charge in [-0.05, 0) is 11.1 Å². The minimum absolute atomic E-state index is 0.571. The molecule has 12 heavy (non-hydrogen) atoms. The van der Waals surface area contributed by atoms with Crippen molar-refractivity contribution in [2.45, 2.75) is 13.1 Å². The summed E-state index contributed by atoms with van der Waals surface area (Å²) in [6.45, 7) is 1.27. The van der Waals surface area contributed by atoms with E-state index in [0.29, 0.717) is 13.1 Å². The van der Waals surface area contributed by atoms with Gasteiger partial charge in [-0.2, -0.15) is 5.48 Å². The van der Waals surface area contributed by atoms with E-state index in [1.165, 1.54) is 5.56 Å². The molecule has 0 saturated carbocycles. The number of benzene rings is 1. The predicted molar refractivity (Wildman–Crippen MR) is 48.2 cm³/mol. The Balaban J connectivity index is 2.68. The molecule has 1 aromatic carbocycles. The van der Waals surface area contributed by atoms with E-state index < -0.39 is 0 Å². The van der Waals surface area contributed by atoms with Crippen LogP contribution in [0.3, 0.4) is 0 Å². The van der Waals surface area contributed by atoms with Crippen LogP contribution in [0.5, 0.6) is 0 Å². The Morgan fingerprint density at radius 1 is 1.33 bits per heavy atom. The minimum atomic E-state index is 0.571. The van der Waals surface area contributed by atoms with Crippen molar-refractivity contribution in [2.24, 2.45) is 5.73 Å². The fourth-order valence-electron chi connectivity index (χ4n) is 1.08. The number of hydroxylamine groups is 1. The standard InChI is InChI=1S/C9H14N2O/c1-12-11-7-9-5-3-2-4-8(9)6-10/h2-5,11H,6-7,10H2,1H3. The first kappa shape index (κ1) is 9.19. The van der Waals surface area contributed by atoms with Crippen molar-refractivity contribution in [3.8, 4) is 0 Å². The van der Waals surface area contributed by atoms with Gasteiger partial charge in [0, 0.05) is 13.1 Å². The fourth-order valence-corrected chi connectivity index (χ4v) is 1.08. The Morgan fingerprint density at radius 3 is 2.58 bits per heavy atom. The lowest BCUT2D eigenvalue weighted by molar-refractivity contribution is 0.0865. The summed E-state index contributed by atoms with van der Waals surface area (Å²) in [5.41, 5.74) is 10.7. The topological polar surface area (TPSA) is 47.3 Å². The van der Waals surface area contributed by atoms with E-state index in [2.05, 4.69) is 5.48 Å². The van der Waals surface area contributed by atoms with Gasteiger partial charge >= 0.3 is 0 Å². The molecule has 0 fully saturated rings. The van der Waals surface area contributed by atoms with E-state index in [9.17, 15) is 0 Å². The molecule has 0 spiro atoms. The number of rotatable bonds is 4. The van der Waals surface area contributed by atoms with Crippen LogP contribution in [0.1, 0.15) is 11.1 Å². The molecule has 3 N–H and O–H groups in total. The monoisotopic (exact) mass is 166 g/mol. The van der Waals surface area contributed by atoms with Gasteiger partial charge in [-0.25, -0.2) is 0 Å². The Hall–Kier alpha value is -0.900. The van der Waals surface area contributed by atoms with Crippen LogP contribution in [0, 0.1) is 0 Å². The summed E-state index contributed by atoms with van der Waals surface area (Å²) in [5.74, 6) is 0. The van der Waals surface area contributed by atoms with Crippen molar-refractivity contribution in [1.29, 1.82) is 0 Å². The van der Waals surface area contributed by atoms with E-state index >= 15 is 0 Å². The lowest BCUT2D eigenvalue weighted by Gasteiger charge is -2.06. The van der Waals surface area contributed by atoms with Crippen molar-refractivity contribution in [3.05, 3.63) is 35.4 Å². The van der Waals surface area contributed by atoms with Crippen LogP contribution in [0.2, 0.25) is 0 Å². The van der Waals surface area contributed by atoms with Crippen LogP contribution in [0.15, 0.2) is 24.3 Å². The molecular weight excluding hydrogens is 152 g/mol. The van der Waals surface area contributed by atoms with Gasteiger partial charge < -0.3 is 10.6 Å². The van der Waals surface area contributed by atoms with Crippen LogP contribution >= 0.6 is 0 Å². The normalized spacial score (nSPS) is 10.2. The van der Waals surface area contributed by atoms with Gasteiger partial charge in [-0.15, -0.1) is 0 Å². The van der Waals surface area contributed by atoms with Crippen molar-refractivity contribution < 1.29 is 4.84 Å². The van der Waals surface area contributed by atoms with Crippen LogP contribution in [-0.2, 0) is 17.9 Å². The molecule has 0 amide bonds. The van der Waals surface area contributed by atoms with Crippen LogP contribution in [0.25, 0.3) is 0 Å². The third-order valence-corrected chi connectivity index (χ3v) is 1.75. The number of nitrogens with one attached hydrogen (secondary N) is 1. The van der Waals surface area contributed by atoms with Crippen molar-refractivity contribution in [1.82, 2.24) is 5.48 Å². The summed E-state index contributed by atoms with van der Waals surface area (Å²) in [6.07, 6.45) is 0. The molecule has 1 aromatic rings. The van der Waals surface area contributed by atoms with E-state index in [0.717, 1.165) is 5.56 Å². The van der Waals surface area contributed by atoms with Gasteiger partial charge in [-0.3, -0.25) is 0 Å². The smallest absolute Gasteiger partial charge is 0.0572 e. The third-order valence-electron chi connectivity index (χ3n) is 1.75. The van der Waals surface area contributed by atoms with Gasteiger partial charge in [0.1, 0.15) is 0 Å². The quantitative estimate of drug-likeness (QED) is 0.650. The third kappa shape index (κ3) is 2.30. The predicted octanol–water partition coefficient (Wildman–Crippen LogP) is 0.796. The van der Waals surface area contributed by atoms with Crippen molar-refractivity contribution in [3.63, 3.8) is 0 Å². The zero-order chi connectivity index (χ0) is 8.81. The lowest BCUT2D eigenvalue weighted by atomic mass is 10.1. The summed E-state index contributed by atoms with van der Waals surface area (Å²) in [4.78, 5) is 4.75. The van der Waals surface area contributed by atoms with E-state index in [1.807, 2.05) is 24.3 Å². The second-order valence-electron chi connectivity index (χ2n) is 2.50. The number of nitrogens with two attached hydrogens (primary N) is 1. The molecule has 0 aromatic heterocycles. The maximum Gasteiger partial charge on any atom is 0.0572 e. The summed E-state index contributed by atoms with van der Waals surface area (Å²) in [5, 5.41) is 0.